The number of hydrogen-bond acceptors (Lipinski definition) is 6. The van der Waals surface area contributed by atoms with Gasteiger partial charge >= 0.3 is 6.03 Å². The van der Waals surface area contributed by atoms with Crippen LogP contribution in [-0.2, 0) is 16.9 Å². The van der Waals surface area contributed by atoms with Gasteiger partial charge in [-0.2, -0.15) is 0 Å². The molecular formula is C18H14ClN3O6. The molecule has 0 bridgehead atoms. The Morgan fingerprint density at radius 2 is 2.07 bits per heavy atom. The van der Waals surface area contributed by atoms with Crippen molar-refractivity contribution in [3.8, 4) is 11.5 Å². The van der Waals surface area contributed by atoms with E-state index in [1.807, 2.05) is 0 Å². The van der Waals surface area contributed by atoms with E-state index < -0.39 is 22.4 Å². The topological polar surface area (TPSA) is 111 Å². The molecule has 1 saturated heterocycles. The zero-order valence-electron chi connectivity index (χ0n) is 14.6. The highest BCUT2D eigenvalue weighted by atomic mass is 35.5. The fourth-order valence-electron chi connectivity index (χ4n) is 3.26. The van der Waals surface area contributed by atoms with E-state index in [0.717, 1.165) is 4.90 Å². The summed E-state index contributed by atoms with van der Waals surface area (Å²) in [6.07, 6.45) is 0. The highest BCUT2D eigenvalue weighted by Gasteiger charge is 2.49. The summed E-state index contributed by atoms with van der Waals surface area (Å²) >= 11 is 6.16. The van der Waals surface area contributed by atoms with Gasteiger partial charge in [-0.1, -0.05) is 23.7 Å². The van der Waals surface area contributed by atoms with Gasteiger partial charge in [0.1, 0.15) is 5.54 Å². The molecule has 0 spiro atoms. The molecule has 1 N–H and O–H groups in total. The summed E-state index contributed by atoms with van der Waals surface area (Å²) < 4.78 is 10.6. The average Bonchev–Trinajstić information content (AvgIpc) is 3.21. The van der Waals surface area contributed by atoms with E-state index in [1.165, 1.54) is 25.1 Å². The number of imide groups is 1. The molecule has 1 unspecified atom stereocenters. The number of carbonyl (C=O) groups excluding carboxylic acids is 2. The molecule has 3 amide bonds. The largest absolute Gasteiger partial charge is 0.454 e. The number of urea groups is 1. The predicted octanol–water partition coefficient (Wildman–Crippen LogP) is 2.94. The van der Waals surface area contributed by atoms with Crippen LogP contribution in [0.4, 0.5) is 10.5 Å². The van der Waals surface area contributed by atoms with Crippen molar-refractivity contribution in [3.05, 3.63) is 62.7 Å². The number of nitrogens with one attached hydrogen (secondary N) is 1. The fraction of sp³-hybridized carbons (Fsp3) is 0.222. The molecule has 2 aliphatic heterocycles. The third-order valence-corrected chi connectivity index (χ3v) is 5.02. The predicted molar refractivity (Wildman–Crippen MR) is 97.1 cm³/mol. The second-order valence-electron chi connectivity index (χ2n) is 6.57. The molecule has 0 saturated carbocycles. The third kappa shape index (κ3) is 2.80. The number of ether oxygens (including phenoxy) is 2. The maximum atomic E-state index is 13.0. The number of nitro groups is 1. The number of halogens is 1. The molecule has 4 rings (SSSR count). The van der Waals surface area contributed by atoms with Crippen LogP contribution >= 0.6 is 11.6 Å². The van der Waals surface area contributed by atoms with E-state index >= 15 is 0 Å². The molecule has 28 heavy (non-hydrogen) atoms. The van der Waals surface area contributed by atoms with E-state index in [0.29, 0.717) is 27.6 Å². The van der Waals surface area contributed by atoms with Crippen molar-refractivity contribution in [1.29, 1.82) is 0 Å². The first-order chi connectivity index (χ1) is 13.3. The fourth-order valence-corrected chi connectivity index (χ4v) is 3.55. The molecule has 144 valence electrons. The van der Waals surface area contributed by atoms with Crippen LogP contribution < -0.4 is 14.8 Å². The van der Waals surface area contributed by atoms with Crippen molar-refractivity contribution in [2.75, 3.05) is 6.79 Å². The minimum atomic E-state index is -1.41. The first kappa shape index (κ1) is 18.1. The van der Waals surface area contributed by atoms with E-state index in [9.17, 15) is 19.7 Å². The number of hydrogen-bond donors (Lipinski definition) is 1. The summed E-state index contributed by atoms with van der Waals surface area (Å²) in [7, 11) is 0. The van der Waals surface area contributed by atoms with Crippen molar-refractivity contribution in [2.45, 2.75) is 19.0 Å². The number of carbonyl (C=O) groups is 2. The lowest BCUT2D eigenvalue weighted by molar-refractivity contribution is -0.385. The first-order valence-electron chi connectivity index (χ1n) is 8.26. The number of non-ortho nitro benzene ring substituents is 1. The molecule has 0 radical (unpaired) electrons. The van der Waals surface area contributed by atoms with Crippen LogP contribution in [0.15, 0.2) is 36.4 Å². The number of nitrogens with zero attached hydrogens (tertiary/aromatic N) is 2. The second-order valence-corrected chi connectivity index (χ2v) is 6.97. The zero-order chi connectivity index (χ0) is 20.1. The summed E-state index contributed by atoms with van der Waals surface area (Å²) in [4.78, 5) is 37.0. The first-order valence-corrected chi connectivity index (χ1v) is 8.64. The molecular weight excluding hydrogens is 390 g/mol. The number of fused-ring (bicyclic) bond motifs is 1. The standard InChI is InChI=1S/C18H14ClN3O6/c1-18(11-3-2-4-12(7-11)22(25)26)16(23)21(17(24)20-18)8-10-5-13(19)15-14(6-10)27-9-28-15/h2-7H,8-9H2,1H3,(H,20,24). The van der Waals surface area contributed by atoms with E-state index in [2.05, 4.69) is 5.32 Å². The summed E-state index contributed by atoms with van der Waals surface area (Å²) in [6, 6.07) is 8.27. The lowest BCUT2D eigenvalue weighted by atomic mass is 9.91. The van der Waals surface area contributed by atoms with Crippen LogP contribution in [0, 0.1) is 10.1 Å². The Morgan fingerprint density at radius 1 is 1.29 bits per heavy atom. The van der Waals surface area contributed by atoms with Crippen LogP contribution in [0.2, 0.25) is 5.02 Å². The molecule has 2 aliphatic rings. The average molecular weight is 404 g/mol. The van der Waals surface area contributed by atoms with Gasteiger partial charge in [-0.05, 0) is 30.2 Å². The maximum absolute atomic E-state index is 13.0. The smallest absolute Gasteiger partial charge is 0.325 e. The molecule has 2 aromatic rings. The van der Waals surface area contributed by atoms with Gasteiger partial charge in [0, 0.05) is 12.1 Å². The van der Waals surface area contributed by atoms with Gasteiger partial charge in [0.15, 0.2) is 11.5 Å². The monoisotopic (exact) mass is 403 g/mol. The Hall–Kier alpha value is -3.33. The third-order valence-electron chi connectivity index (χ3n) is 4.74. The number of rotatable bonds is 4. The summed E-state index contributed by atoms with van der Waals surface area (Å²) in [6.45, 7) is 1.52. The lowest BCUT2D eigenvalue weighted by Gasteiger charge is -2.22. The van der Waals surface area contributed by atoms with E-state index in [4.69, 9.17) is 21.1 Å². The lowest BCUT2D eigenvalue weighted by Crippen LogP contribution is -2.40. The number of nitro benzene ring substituents is 1. The van der Waals surface area contributed by atoms with Crippen molar-refractivity contribution in [3.63, 3.8) is 0 Å². The van der Waals surface area contributed by atoms with Crippen LogP contribution in [0.5, 0.6) is 11.5 Å². The molecule has 2 heterocycles. The summed E-state index contributed by atoms with van der Waals surface area (Å²) in [5.74, 6) is 0.340. The van der Waals surface area contributed by atoms with Gasteiger partial charge in [-0.15, -0.1) is 0 Å². The number of benzene rings is 2. The molecule has 10 heteroatoms. The Kier molecular flexibility index (Phi) is 4.11. The SMILES string of the molecule is CC1(c2cccc([N+](=O)[O-])c2)NC(=O)N(Cc2cc(Cl)c3c(c2)OCO3)C1=O. The quantitative estimate of drug-likeness (QED) is 0.477. The minimum Gasteiger partial charge on any atom is -0.454 e. The second kappa shape index (κ2) is 6.38. The Balaban J connectivity index is 1.63. The molecule has 1 fully saturated rings. The van der Waals surface area contributed by atoms with Crippen LogP contribution in [0.25, 0.3) is 0 Å². The zero-order valence-corrected chi connectivity index (χ0v) is 15.4. The van der Waals surface area contributed by atoms with E-state index in [1.54, 1.807) is 18.2 Å². The van der Waals surface area contributed by atoms with Gasteiger partial charge in [0.05, 0.1) is 16.5 Å². The van der Waals surface area contributed by atoms with Crippen LogP contribution in [0.3, 0.4) is 0 Å². The Morgan fingerprint density at radius 3 is 2.82 bits per heavy atom. The molecule has 0 aliphatic carbocycles. The maximum Gasteiger partial charge on any atom is 0.325 e. The normalized spacial score (nSPS) is 20.4. The van der Waals surface area contributed by atoms with Crippen molar-refractivity contribution in [2.24, 2.45) is 0 Å². The van der Waals surface area contributed by atoms with Gasteiger partial charge in [0.25, 0.3) is 11.6 Å². The molecule has 9 nitrogen and oxygen atoms in total. The van der Waals surface area contributed by atoms with Gasteiger partial charge in [-0.25, -0.2) is 4.79 Å². The van der Waals surface area contributed by atoms with Gasteiger partial charge in [-0.3, -0.25) is 19.8 Å². The van der Waals surface area contributed by atoms with E-state index in [-0.39, 0.29) is 19.0 Å². The Bertz CT molecular complexity index is 1030. The van der Waals surface area contributed by atoms with Crippen molar-refractivity contribution in [1.82, 2.24) is 10.2 Å². The molecule has 0 aromatic heterocycles. The van der Waals surface area contributed by atoms with Gasteiger partial charge in [0.2, 0.25) is 6.79 Å². The van der Waals surface area contributed by atoms with Crippen molar-refractivity contribution >= 4 is 29.2 Å². The van der Waals surface area contributed by atoms with Crippen LogP contribution in [0.1, 0.15) is 18.1 Å². The van der Waals surface area contributed by atoms with Crippen molar-refractivity contribution < 1.29 is 24.0 Å². The summed E-state index contributed by atoms with van der Waals surface area (Å²) in [5, 5.41) is 14.0. The Labute approximate surface area is 163 Å². The van der Waals surface area contributed by atoms with Gasteiger partial charge < -0.3 is 14.8 Å². The molecule has 2 aromatic carbocycles. The number of amides is 3. The summed E-state index contributed by atoms with van der Waals surface area (Å²) in [5.41, 5.74) is -0.669. The highest BCUT2D eigenvalue weighted by Crippen LogP contribution is 2.40. The highest BCUT2D eigenvalue weighted by molar-refractivity contribution is 6.32. The minimum absolute atomic E-state index is 0.0362. The molecule has 1 atom stereocenters. The van der Waals surface area contributed by atoms with Crippen LogP contribution in [-0.4, -0.2) is 28.6 Å².